The highest BCUT2D eigenvalue weighted by Gasteiger charge is 2.30. The highest BCUT2D eigenvalue weighted by molar-refractivity contribution is 5.61. The van der Waals surface area contributed by atoms with Crippen molar-refractivity contribution in [3.8, 4) is 11.3 Å². The van der Waals surface area contributed by atoms with Crippen molar-refractivity contribution in [3.05, 3.63) is 35.9 Å². The third-order valence-electron chi connectivity index (χ3n) is 5.16. The van der Waals surface area contributed by atoms with Gasteiger partial charge >= 0.3 is 0 Å². The second-order valence-corrected chi connectivity index (χ2v) is 7.65. The maximum atomic E-state index is 5.58. The zero-order valence-corrected chi connectivity index (χ0v) is 13.8. The van der Waals surface area contributed by atoms with Crippen LogP contribution in [-0.2, 0) is 0 Å². The van der Waals surface area contributed by atoms with Gasteiger partial charge in [0.1, 0.15) is 5.69 Å². The molecule has 0 unspecified atom stereocenters. The van der Waals surface area contributed by atoms with Gasteiger partial charge in [-0.25, -0.2) is 0 Å². The summed E-state index contributed by atoms with van der Waals surface area (Å²) in [6, 6.07) is 10.5. The van der Waals surface area contributed by atoms with E-state index in [1.807, 2.05) is 0 Å². The smallest absolute Gasteiger partial charge is 0.222 e. The number of rotatable bonds is 2. The molecular formula is C19H26N2O. The molecule has 1 heterocycles. The maximum Gasteiger partial charge on any atom is 0.222 e. The second kappa shape index (κ2) is 5.79. The SMILES string of the molecule is CC(C)(C)C1CCC(c2ccc(-c3cc(N)on3)cc2)CC1. The van der Waals surface area contributed by atoms with Crippen molar-refractivity contribution in [1.82, 2.24) is 5.16 Å². The zero-order valence-electron chi connectivity index (χ0n) is 13.8. The van der Waals surface area contributed by atoms with Crippen molar-refractivity contribution >= 4 is 5.88 Å². The number of hydrogen-bond donors (Lipinski definition) is 1. The minimum absolute atomic E-state index is 0.361. The van der Waals surface area contributed by atoms with Crippen LogP contribution in [0.3, 0.4) is 0 Å². The number of nitrogens with two attached hydrogens (primary N) is 1. The van der Waals surface area contributed by atoms with Crippen LogP contribution in [0.2, 0.25) is 0 Å². The molecule has 0 spiro atoms. The van der Waals surface area contributed by atoms with Crippen LogP contribution in [0.1, 0.15) is 57.9 Å². The molecule has 0 radical (unpaired) electrons. The summed E-state index contributed by atoms with van der Waals surface area (Å²) in [4.78, 5) is 0. The van der Waals surface area contributed by atoms with Gasteiger partial charge in [-0.1, -0.05) is 50.2 Å². The first-order chi connectivity index (χ1) is 10.4. The third-order valence-corrected chi connectivity index (χ3v) is 5.16. The standard InChI is InChI=1S/C19H26N2O/c1-19(2,3)16-10-8-14(9-11-16)13-4-6-15(7-5-13)17-12-18(20)22-21-17/h4-7,12,14,16H,8-11,20H2,1-3H3. The Morgan fingerprint density at radius 3 is 2.18 bits per heavy atom. The molecule has 0 amide bonds. The van der Waals surface area contributed by atoms with Crippen LogP contribution in [0, 0.1) is 11.3 Å². The zero-order chi connectivity index (χ0) is 15.7. The van der Waals surface area contributed by atoms with Crippen LogP contribution in [0.25, 0.3) is 11.3 Å². The van der Waals surface area contributed by atoms with Crippen LogP contribution in [0.5, 0.6) is 0 Å². The quantitative estimate of drug-likeness (QED) is 0.824. The highest BCUT2D eigenvalue weighted by atomic mass is 16.5. The molecule has 0 saturated heterocycles. The fraction of sp³-hybridized carbons (Fsp3) is 0.526. The van der Waals surface area contributed by atoms with E-state index in [9.17, 15) is 0 Å². The lowest BCUT2D eigenvalue weighted by Crippen LogP contribution is -2.25. The second-order valence-electron chi connectivity index (χ2n) is 7.65. The van der Waals surface area contributed by atoms with E-state index in [1.165, 1.54) is 31.2 Å². The van der Waals surface area contributed by atoms with Gasteiger partial charge in [-0.3, -0.25) is 0 Å². The van der Waals surface area contributed by atoms with E-state index in [1.54, 1.807) is 6.07 Å². The van der Waals surface area contributed by atoms with E-state index in [0.29, 0.717) is 17.2 Å². The minimum atomic E-state index is 0.361. The first-order valence-corrected chi connectivity index (χ1v) is 8.26. The van der Waals surface area contributed by atoms with Crippen molar-refractivity contribution in [2.45, 2.75) is 52.4 Å². The van der Waals surface area contributed by atoms with Crippen LogP contribution >= 0.6 is 0 Å². The van der Waals surface area contributed by atoms with Crippen LogP contribution in [-0.4, -0.2) is 5.16 Å². The van der Waals surface area contributed by atoms with Crippen LogP contribution < -0.4 is 5.73 Å². The molecule has 118 valence electrons. The Morgan fingerprint density at radius 2 is 1.68 bits per heavy atom. The fourth-order valence-electron chi connectivity index (χ4n) is 3.64. The molecule has 0 atom stereocenters. The minimum Gasteiger partial charge on any atom is -0.368 e. The van der Waals surface area contributed by atoms with E-state index < -0.39 is 0 Å². The normalized spacial score (nSPS) is 22.7. The lowest BCUT2D eigenvalue weighted by molar-refractivity contribution is 0.169. The van der Waals surface area contributed by atoms with E-state index in [4.69, 9.17) is 10.3 Å². The van der Waals surface area contributed by atoms with Crippen molar-refractivity contribution in [1.29, 1.82) is 0 Å². The number of aromatic nitrogens is 1. The summed E-state index contributed by atoms with van der Waals surface area (Å²) in [6.45, 7) is 7.11. The van der Waals surface area contributed by atoms with Crippen molar-refractivity contribution < 1.29 is 4.52 Å². The fourth-order valence-corrected chi connectivity index (χ4v) is 3.64. The number of hydrogen-bond acceptors (Lipinski definition) is 3. The topological polar surface area (TPSA) is 52.0 Å². The predicted molar refractivity (Wildman–Crippen MR) is 90.5 cm³/mol. The summed E-state index contributed by atoms with van der Waals surface area (Å²) in [5.41, 5.74) is 9.35. The Labute approximate surface area is 132 Å². The molecule has 3 heteroatoms. The largest absolute Gasteiger partial charge is 0.368 e. The summed E-state index contributed by atoms with van der Waals surface area (Å²) in [7, 11) is 0. The molecule has 1 aromatic carbocycles. The molecular weight excluding hydrogens is 272 g/mol. The summed E-state index contributed by atoms with van der Waals surface area (Å²) < 4.78 is 4.94. The summed E-state index contributed by atoms with van der Waals surface area (Å²) in [6.07, 6.45) is 5.29. The Hall–Kier alpha value is -1.77. The molecule has 0 bridgehead atoms. The molecule has 1 aromatic heterocycles. The Bertz CT molecular complexity index is 614. The van der Waals surface area contributed by atoms with Gasteiger partial charge in [0.05, 0.1) is 0 Å². The molecule has 1 aliphatic carbocycles. The lowest BCUT2D eigenvalue weighted by atomic mass is 9.68. The summed E-state index contributed by atoms with van der Waals surface area (Å²) in [5.74, 6) is 1.93. The van der Waals surface area contributed by atoms with Gasteiger partial charge in [0.15, 0.2) is 0 Å². The van der Waals surface area contributed by atoms with Crippen molar-refractivity contribution in [3.63, 3.8) is 0 Å². The van der Waals surface area contributed by atoms with E-state index >= 15 is 0 Å². The summed E-state index contributed by atoms with van der Waals surface area (Å²) in [5, 5.41) is 3.97. The average molecular weight is 298 g/mol. The molecule has 1 saturated carbocycles. The van der Waals surface area contributed by atoms with Gasteiger partial charge in [0.25, 0.3) is 0 Å². The van der Waals surface area contributed by atoms with Gasteiger partial charge in [0, 0.05) is 11.6 Å². The monoisotopic (exact) mass is 298 g/mol. The van der Waals surface area contributed by atoms with Crippen LogP contribution in [0.15, 0.2) is 34.9 Å². The first kappa shape index (κ1) is 15.1. The first-order valence-electron chi connectivity index (χ1n) is 8.26. The highest BCUT2D eigenvalue weighted by Crippen LogP contribution is 2.43. The molecule has 1 aliphatic rings. The van der Waals surface area contributed by atoms with Gasteiger partial charge < -0.3 is 10.3 Å². The van der Waals surface area contributed by atoms with Gasteiger partial charge in [-0.15, -0.1) is 0 Å². The Kier molecular flexibility index (Phi) is 3.98. The summed E-state index contributed by atoms with van der Waals surface area (Å²) >= 11 is 0. The molecule has 22 heavy (non-hydrogen) atoms. The maximum absolute atomic E-state index is 5.58. The van der Waals surface area contributed by atoms with Crippen molar-refractivity contribution in [2.24, 2.45) is 11.3 Å². The Balaban J connectivity index is 1.67. The van der Waals surface area contributed by atoms with Gasteiger partial charge in [-0.2, -0.15) is 0 Å². The average Bonchev–Trinajstić information content (AvgIpc) is 2.93. The molecule has 3 nitrogen and oxygen atoms in total. The lowest BCUT2D eigenvalue weighted by Gasteiger charge is -2.37. The molecule has 0 aliphatic heterocycles. The number of benzene rings is 1. The van der Waals surface area contributed by atoms with E-state index in [0.717, 1.165) is 17.2 Å². The molecule has 3 rings (SSSR count). The molecule has 2 N–H and O–H groups in total. The van der Waals surface area contributed by atoms with Crippen molar-refractivity contribution in [2.75, 3.05) is 5.73 Å². The molecule has 2 aromatic rings. The van der Waals surface area contributed by atoms with E-state index in [-0.39, 0.29) is 0 Å². The van der Waals surface area contributed by atoms with Gasteiger partial charge in [0.2, 0.25) is 5.88 Å². The molecule has 1 fully saturated rings. The number of anilines is 1. The predicted octanol–water partition coefficient (Wildman–Crippen LogP) is 5.24. The Morgan fingerprint density at radius 1 is 1.05 bits per heavy atom. The number of nitrogens with zero attached hydrogens (tertiary/aromatic N) is 1. The van der Waals surface area contributed by atoms with Crippen LogP contribution in [0.4, 0.5) is 5.88 Å². The number of nitrogen functional groups attached to an aromatic ring is 1. The third kappa shape index (κ3) is 3.18. The van der Waals surface area contributed by atoms with Gasteiger partial charge in [-0.05, 0) is 48.5 Å². The van der Waals surface area contributed by atoms with E-state index in [2.05, 4.69) is 50.2 Å².